The van der Waals surface area contributed by atoms with Gasteiger partial charge in [0.1, 0.15) is 0 Å². The molecule has 0 saturated carbocycles. The SMILES string of the molecule is [AlH]=[C]1CCNC[C@H]1COC1C=CC2OCOC2C1. The number of hydrogen-bond acceptors (Lipinski definition) is 4. The molecule has 0 radical (unpaired) electrons. The number of fused-ring (bicyclic) bond motifs is 1. The fourth-order valence-electron chi connectivity index (χ4n) is 2.74. The fourth-order valence-corrected chi connectivity index (χ4v) is 3.18. The molecule has 1 N–H and O–H groups in total. The number of ether oxygens (including phenoxy) is 3. The van der Waals surface area contributed by atoms with Crippen LogP contribution < -0.4 is 5.32 Å². The Labute approximate surface area is 116 Å². The molecule has 4 nitrogen and oxygen atoms in total. The van der Waals surface area contributed by atoms with Crippen LogP contribution in [-0.2, 0) is 14.2 Å². The van der Waals surface area contributed by atoms with Crippen molar-refractivity contribution in [2.75, 3.05) is 26.5 Å². The molecule has 1 aliphatic carbocycles. The van der Waals surface area contributed by atoms with Gasteiger partial charge >= 0.3 is 115 Å². The van der Waals surface area contributed by atoms with Gasteiger partial charge in [0.05, 0.1) is 0 Å². The van der Waals surface area contributed by atoms with Gasteiger partial charge in [0.15, 0.2) is 0 Å². The third-order valence-electron chi connectivity index (χ3n) is 3.99. The first-order chi connectivity index (χ1) is 8.83. The van der Waals surface area contributed by atoms with Gasteiger partial charge < -0.3 is 0 Å². The Morgan fingerprint density at radius 1 is 1.39 bits per heavy atom. The van der Waals surface area contributed by atoms with E-state index in [4.69, 9.17) is 14.2 Å². The van der Waals surface area contributed by atoms with Crippen LogP contribution in [0.25, 0.3) is 0 Å². The molecule has 2 saturated heterocycles. The van der Waals surface area contributed by atoms with Crippen LogP contribution in [0.15, 0.2) is 12.2 Å². The molecule has 0 spiro atoms. The molecule has 3 unspecified atom stereocenters. The molecule has 4 atom stereocenters. The average Bonchev–Trinajstić information content (AvgIpc) is 2.85. The molecule has 98 valence electrons. The number of nitrogens with one attached hydrogen (secondary N) is 1. The van der Waals surface area contributed by atoms with E-state index in [0.717, 1.165) is 26.1 Å². The average molecular weight is 265 g/mol. The Kier molecular flexibility index (Phi) is 4.30. The maximum absolute atomic E-state index is 6.02. The van der Waals surface area contributed by atoms with Crippen LogP contribution in [0.3, 0.4) is 0 Å². The van der Waals surface area contributed by atoms with Gasteiger partial charge in [0.2, 0.25) is 0 Å². The standard InChI is InChI=1S/C13H19NO3.Al.H/c1-2-10(7-14-5-1)8-15-11-3-4-12-13(6-11)17-9-16-12;;/h3-4,10-14H,1,5-9H2;;/t10-,11?,12?,13?;;/m0../s1. The summed E-state index contributed by atoms with van der Waals surface area (Å²) in [7, 11) is 0. The number of rotatable bonds is 3. The molecule has 2 heterocycles. The molecule has 0 bridgehead atoms. The van der Waals surface area contributed by atoms with Crippen molar-refractivity contribution in [3.05, 3.63) is 12.2 Å². The van der Waals surface area contributed by atoms with Crippen molar-refractivity contribution >= 4 is 20.2 Å². The monoisotopic (exact) mass is 265 g/mol. The molecule has 2 aliphatic heterocycles. The minimum absolute atomic E-state index is 0.149. The maximum atomic E-state index is 6.02. The quantitative estimate of drug-likeness (QED) is 0.564. The molecule has 0 aromatic heterocycles. The summed E-state index contributed by atoms with van der Waals surface area (Å²) >= 11 is 2.04. The Morgan fingerprint density at radius 3 is 3.22 bits per heavy atom. The third-order valence-corrected chi connectivity index (χ3v) is 4.92. The van der Waals surface area contributed by atoms with Gasteiger partial charge in [-0.1, -0.05) is 0 Å². The van der Waals surface area contributed by atoms with E-state index in [1.165, 1.54) is 6.42 Å². The molecule has 0 amide bonds. The van der Waals surface area contributed by atoms with Gasteiger partial charge in [-0.25, -0.2) is 0 Å². The zero-order valence-corrected chi connectivity index (χ0v) is 12.1. The summed E-state index contributed by atoms with van der Waals surface area (Å²) in [5, 5.41) is 3.43. The molecular formula is C13H20AlNO3. The summed E-state index contributed by atoms with van der Waals surface area (Å²) in [5.74, 6) is 0.573. The van der Waals surface area contributed by atoms with Crippen molar-refractivity contribution in [1.29, 1.82) is 0 Å². The van der Waals surface area contributed by atoms with Crippen LogP contribution >= 0.6 is 0 Å². The second-order valence-electron chi connectivity index (χ2n) is 5.26. The van der Waals surface area contributed by atoms with E-state index in [1.807, 2.05) is 15.9 Å². The summed E-state index contributed by atoms with van der Waals surface area (Å²) < 4.78 is 18.6. The third kappa shape index (κ3) is 2.93. The second kappa shape index (κ2) is 5.96. The Bertz CT molecular complexity index is 347. The van der Waals surface area contributed by atoms with Crippen molar-refractivity contribution < 1.29 is 14.2 Å². The van der Waals surface area contributed by atoms with Crippen molar-refractivity contribution in [2.24, 2.45) is 5.92 Å². The van der Waals surface area contributed by atoms with E-state index in [1.54, 1.807) is 4.38 Å². The van der Waals surface area contributed by atoms with Crippen LogP contribution in [0.1, 0.15) is 12.8 Å². The van der Waals surface area contributed by atoms with E-state index in [0.29, 0.717) is 12.7 Å². The molecule has 3 rings (SSSR count). The van der Waals surface area contributed by atoms with Crippen molar-refractivity contribution in [2.45, 2.75) is 31.2 Å². The summed E-state index contributed by atoms with van der Waals surface area (Å²) in [6.07, 6.45) is 6.85. The summed E-state index contributed by atoms with van der Waals surface area (Å²) in [6, 6.07) is 0. The Hall–Kier alpha value is -0.0175. The Morgan fingerprint density at radius 2 is 2.33 bits per heavy atom. The van der Waals surface area contributed by atoms with Crippen LogP contribution in [0.5, 0.6) is 0 Å². The van der Waals surface area contributed by atoms with E-state index >= 15 is 0 Å². The predicted octanol–water partition coefficient (Wildman–Crippen LogP) is -0.244. The molecule has 18 heavy (non-hydrogen) atoms. The first kappa shape index (κ1) is 13.0. The van der Waals surface area contributed by atoms with Gasteiger partial charge in [-0.15, -0.1) is 0 Å². The second-order valence-corrected chi connectivity index (χ2v) is 6.16. The van der Waals surface area contributed by atoms with Crippen LogP contribution in [0.2, 0.25) is 0 Å². The van der Waals surface area contributed by atoms with E-state index < -0.39 is 0 Å². The van der Waals surface area contributed by atoms with Gasteiger partial charge in [-0.3, -0.25) is 0 Å². The molecule has 5 heteroatoms. The first-order valence-electron chi connectivity index (χ1n) is 6.74. The Balaban J connectivity index is 1.48. The predicted molar refractivity (Wildman–Crippen MR) is 71.2 cm³/mol. The van der Waals surface area contributed by atoms with Crippen LogP contribution in [0, 0.1) is 5.92 Å². The van der Waals surface area contributed by atoms with E-state index in [2.05, 4.69) is 17.5 Å². The van der Waals surface area contributed by atoms with Crippen LogP contribution in [0.4, 0.5) is 0 Å². The van der Waals surface area contributed by atoms with Crippen LogP contribution in [-0.4, -0.2) is 65.0 Å². The first-order valence-corrected chi connectivity index (χ1v) is 7.45. The van der Waals surface area contributed by atoms with Gasteiger partial charge in [0.25, 0.3) is 0 Å². The van der Waals surface area contributed by atoms with E-state index in [-0.39, 0.29) is 18.3 Å². The van der Waals surface area contributed by atoms with Gasteiger partial charge in [0, 0.05) is 0 Å². The van der Waals surface area contributed by atoms with Crippen molar-refractivity contribution in [3.63, 3.8) is 0 Å². The minimum atomic E-state index is 0.149. The van der Waals surface area contributed by atoms with Crippen molar-refractivity contribution in [3.8, 4) is 0 Å². The topological polar surface area (TPSA) is 39.7 Å². The van der Waals surface area contributed by atoms with Crippen molar-refractivity contribution in [1.82, 2.24) is 5.32 Å². The van der Waals surface area contributed by atoms with E-state index in [9.17, 15) is 0 Å². The molecule has 0 aromatic rings. The zero-order chi connectivity index (χ0) is 12.4. The number of hydrogen-bond donors (Lipinski definition) is 1. The number of piperidine rings is 1. The zero-order valence-electron chi connectivity index (χ0n) is 10.6. The summed E-state index contributed by atoms with van der Waals surface area (Å²) in [4.78, 5) is 0. The summed E-state index contributed by atoms with van der Waals surface area (Å²) in [5.41, 5.74) is 0. The molecule has 3 aliphatic rings. The summed E-state index contributed by atoms with van der Waals surface area (Å²) in [6.45, 7) is 3.42. The molecular weight excluding hydrogens is 245 g/mol. The fraction of sp³-hybridized carbons (Fsp3) is 0.769. The van der Waals surface area contributed by atoms with Gasteiger partial charge in [-0.05, 0) is 0 Å². The molecule has 0 aromatic carbocycles. The van der Waals surface area contributed by atoms with Gasteiger partial charge in [-0.2, -0.15) is 0 Å². The molecule has 2 fully saturated rings. The normalized spacial score (nSPS) is 39.8.